The molecule has 1 unspecified atom stereocenters. The van der Waals surface area contributed by atoms with Crippen LogP contribution >= 0.6 is 0 Å². The number of nitrogens with two attached hydrogens (primary N) is 1. The molecule has 0 radical (unpaired) electrons. The summed E-state index contributed by atoms with van der Waals surface area (Å²) in [4.78, 5) is 13.2. The van der Waals surface area contributed by atoms with Crippen molar-refractivity contribution < 1.29 is 0 Å². The van der Waals surface area contributed by atoms with Crippen LogP contribution in [0.2, 0.25) is 0 Å². The predicted molar refractivity (Wildman–Crippen MR) is 79.1 cm³/mol. The van der Waals surface area contributed by atoms with Crippen LogP contribution in [0.15, 0.2) is 36.8 Å². The highest BCUT2D eigenvalue weighted by molar-refractivity contribution is 5.81. The molecule has 0 fully saturated rings. The monoisotopic (exact) mass is 267 g/mol. The van der Waals surface area contributed by atoms with Gasteiger partial charge in [-0.15, -0.1) is 0 Å². The lowest BCUT2D eigenvalue weighted by Gasteiger charge is -2.06. The number of benzene rings is 1. The Morgan fingerprint density at radius 1 is 1.25 bits per heavy atom. The van der Waals surface area contributed by atoms with E-state index < -0.39 is 0 Å². The van der Waals surface area contributed by atoms with E-state index in [1.54, 1.807) is 6.20 Å². The highest BCUT2D eigenvalue weighted by Crippen LogP contribution is 2.21. The van der Waals surface area contributed by atoms with Crippen molar-refractivity contribution in [2.45, 2.75) is 19.4 Å². The Labute approximate surface area is 117 Å². The van der Waals surface area contributed by atoms with Gasteiger partial charge in [0.2, 0.25) is 0 Å². The summed E-state index contributed by atoms with van der Waals surface area (Å²) in [6.07, 6.45) is 4.28. The van der Waals surface area contributed by atoms with E-state index in [0.29, 0.717) is 6.42 Å². The first-order valence-electron chi connectivity index (χ1n) is 6.62. The molecule has 2 N–H and O–H groups in total. The van der Waals surface area contributed by atoms with E-state index in [0.717, 1.165) is 28.1 Å². The van der Waals surface area contributed by atoms with Gasteiger partial charge >= 0.3 is 0 Å². The van der Waals surface area contributed by atoms with Crippen LogP contribution < -0.4 is 5.73 Å². The van der Waals surface area contributed by atoms with Crippen molar-refractivity contribution in [3.05, 3.63) is 42.6 Å². The van der Waals surface area contributed by atoms with Crippen LogP contribution in [0.5, 0.6) is 0 Å². The van der Waals surface area contributed by atoms with Crippen LogP contribution in [0.1, 0.15) is 12.7 Å². The summed E-state index contributed by atoms with van der Waals surface area (Å²) in [5, 5.41) is 0. The van der Waals surface area contributed by atoms with E-state index in [-0.39, 0.29) is 6.04 Å². The molecule has 0 bridgehead atoms. The molecule has 5 nitrogen and oxygen atoms in total. The van der Waals surface area contributed by atoms with E-state index >= 15 is 0 Å². The summed E-state index contributed by atoms with van der Waals surface area (Å²) >= 11 is 0. The lowest BCUT2D eigenvalue weighted by molar-refractivity contribution is 0.702. The van der Waals surface area contributed by atoms with Crippen LogP contribution in [-0.4, -0.2) is 25.6 Å². The molecule has 0 amide bonds. The number of rotatable bonds is 3. The molecule has 0 saturated heterocycles. The first kappa shape index (κ1) is 12.7. The van der Waals surface area contributed by atoms with Gasteiger partial charge in [0.05, 0.1) is 23.1 Å². The third-order valence-corrected chi connectivity index (χ3v) is 3.23. The maximum Gasteiger partial charge on any atom is 0.130 e. The maximum atomic E-state index is 5.80. The molecule has 0 spiro atoms. The number of hydrogen-bond donors (Lipinski definition) is 1. The Bertz CT molecular complexity index is 745. The quantitative estimate of drug-likeness (QED) is 0.787. The predicted octanol–water partition coefficient (Wildman–Crippen LogP) is 1.92. The van der Waals surface area contributed by atoms with Crippen molar-refractivity contribution in [2.24, 2.45) is 12.8 Å². The SMILES string of the molecule is CC(N)Cc1nccc(-c2ccc3c(c2)ncn3C)n1. The smallest absolute Gasteiger partial charge is 0.130 e. The third kappa shape index (κ3) is 2.40. The standard InChI is InChI=1S/C15H17N5/c1-10(16)7-15-17-6-5-12(19-15)11-3-4-14-13(8-11)18-9-20(14)2/h3-6,8-10H,7,16H2,1-2H3. The first-order chi connectivity index (χ1) is 9.63. The molecule has 3 aromatic rings. The summed E-state index contributed by atoms with van der Waals surface area (Å²) in [6.45, 7) is 1.95. The minimum Gasteiger partial charge on any atom is -0.334 e. The largest absolute Gasteiger partial charge is 0.334 e. The number of nitrogens with zero attached hydrogens (tertiary/aromatic N) is 4. The molecule has 3 rings (SSSR count). The summed E-state index contributed by atoms with van der Waals surface area (Å²) in [7, 11) is 1.99. The second kappa shape index (κ2) is 5.02. The normalized spacial score (nSPS) is 12.8. The number of fused-ring (bicyclic) bond motifs is 1. The van der Waals surface area contributed by atoms with Crippen LogP contribution in [-0.2, 0) is 13.5 Å². The average Bonchev–Trinajstić information content (AvgIpc) is 2.79. The Morgan fingerprint density at radius 3 is 2.90 bits per heavy atom. The van der Waals surface area contributed by atoms with E-state index in [1.807, 2.05) is 37.0 Å². The molecular formula is C15H17N5. The molecule has 1 atom stereocenters. The zero-order valence-corrected chi connectivity index (χ0v) is 11.6. The van der Waals surface area contributed by atoms with Gasteiger partial charge in [0.1, 0.15) is 5.82 Å². The molecule has 102 valence electrons. The molecule has 2 heterocycles. The second-order valence-corrected chi connectivity index (χ2v) is 5.10. The fraction of sp³-hybridized carbons (Fsp3) is 0.267. The molecule has 0 aliphatic carbocycles. The molecule has 1 aromatic carbocycles. The van der Waals surface area contributed by atoms with Gasteiger partial charge in [-0.1, -0.05) is 6.07 Å². The van der Waals surface area contributed by atoms with Crippen molar-refractivity contribution in [3.8, 4) is 11.3 Å². The van der Waals surface area contributed by atoms with E-state index in [1.165, 1.54) is 0 Å². The van der Waals surface area contributed by atoms with Gasteiger partial charge < -0.3 is 10.3 Å². The van der Waals surface area contributed by atoms with Crippen LogP contribution in [0.4, 0.5) is 0 Å². The Balaban J connectivity index is 2.01. The molecule has 20 heavy (non-hydrogen) atoms. The van der Waals surface area contributed by atoms with Gasteiger partial charge in [-0.3, -0.25) is 0 Å². The molecule has 2 aromatic heterocycles. The molecule has 0 saturated carbocycles. The Morgan fingerprint density at radius 2 is 2.10 bits per heavy atom. The molecular weight excluding hydrogens is 250 g/mol. The van der Waals surface area contributed by atoms with Crippen LogP contribution in [0.25, 0.3) is 22.3 Å². The minimum absolute atomic E-state index is 0.0588. The maximum absolute atomic E-state index is 5.80. The van der Waals surface area contributed by atoms with Crippen LogP contribution in [0, 0.1) is 0 Å². The fourth-order valence-corrected chi connectivity index (χ4v) is 2.24. The number of aromatic nitrogens is 4. The zero-order valence-electron chi connectivity index (χ0n) is 11.6. The average molecular weight is 267 g/mol. The Kier molecular flexibility index (Phi) is 3.20. The van der Waals surface area contributed by atoms with Crippen molar-refractivity contribution in [1.82, 2.24) is 19.5 Å². The number of hydrogen-bond acceptors (Lipinski definition) is 4. The molecule has 0 aliphatic heterocycles. The summed E-state index contributed by atoms with van der Waals surface area (Å²) in [5.41, 5.74) is 9.83. The van der Waals surface area contributed by atoms with Gasteiger partial charge in [0.15, 0.2) is 0 Å². The summed E-state index contributed by atoms with van der Waals surface area (Å²) in [5.74, 6) is 0.776. The minimum atomic E-state index is 0.0588. The van der Waals surface area contributed by atoms with Gasteiger partial charge in [-0.2, -0.15) is 0 Å². The van der Waals surface area contributed by atoms with E-state index in [9.17, 15) is 0 Å². The lowest BCUT2D eigenvalue weighted by atomic mass is 10.1. The van der Waals surface area contributed by atoms with Gasteiger partial charge in [0, 0.05) is 31.3 Å². The second-order valence-electron chi connectivity index (χ2n) is 5.10. The number of aryl methyl sites for hydroxylation is 1. The van der Waals surface area contributed by atoms with Crippen molar-refractivity contribution in [1.29, 1.82) is 0 Å². The topological polar surface area (TPSA) is 69.6 Å². The van der Waals surface area contributed by atoms with Crippen molar-refractivity contribution in [3.63, 3.8) is 0 Å². The third-order valence-electron chi connectivity index (χ3n) is 3.23. The highest BCUT2D eigenvalue weighted by Gasteiger charge is 2.07. The van der Waals surface area contributed by atoms with Gasteiger partial charge in [-0.25, -0.2) is 15.0 Å². The molecule has 0 aliphatic rings. The van der Waals surface area contributed by atoms with Gasteiger partial charge in [0.25, 0.3) is 0 Å². The lowest BCUT2D eigenvalue weighted by Crippen LogP contribution is -2.19. The first-order valence-corrected chi connectivity index (χ1v) is 6.62. The van der Waals surface area contributed by atoms with E-state index in [2.05, 4.69) is 27.1 Å². The fourth-order valence-electron chi connectivity index (χ4n) is 2.24. The van der Waals surface area contributed by atoms with Crippen molar-refractivity contribution >= 4 is 11.0 Å². The Hall–Kier alpha value is -2.27. The summed E-state index contributed by atoms with van der Waals surface area (Å²) < 4.78 is 2.00. The number of imidazole rings is 1. The summed E-state index contributed by atoms with van der Waals surface area (Å²) in [6, 6.07) is 8.14. The van der Waals surface area contributed by atoms with E-state index in [4.69, 9.17) is 5.73 Å². The van der Waals surface area contributed by atoms with Crippen molar-refractivity contribution in [2.75, 3.05) is 0 Å². The highest BCUT2D eigenvalue weighted by atomic mass is 15.0. The zero-order chi connectivity index (χ0) is 14.1. The molecule has 5 heteroatoms. The van der Waals surface area contributed by atoms with Gasteiger partial charge in [-0.05, 0) is 25.1 Å². The van der Waals surface area contributed by atoms with Crippen LogP contribution in [0.3, 0.4) is 0 Å².